The molecule has 0 aromatic heterocycles. The predicted octanol–water partition coefficient (Wildman–Crippen LogP) is 2.80. The molecule has 1 heterocycles. The van der Waals surface area contributed by atoms with Gasteiger partial charge in [-0.15, -0.1) is 0 Å². The highest BCUT2D eigenvalue weighted by atomic mass is 15.0. The molecule has 2 heteroatoms. The standard InChI is InChI=1S/C13H18N2/c1-4-9-5-6-10(8(2)3)11-7-15-13(14)12(9)11/h5-6,8H,4,7H2,1-3H3,(H2,14,15). The number of aryl methyl sites for hydroxylation is 1. The topological polar surface area (TPSA) is 35.9 Å². The van der Waals surface area contributed by atoms with E-state index >= 15 is 0 Å². The first-order valence-corrected chi connectivity index (χ1v) is 5.62. The lowest BCUT2D eigenvalue weighted by Crippen LogP contribution is -2.13. The molecule has 0 unspecified atom stereocenters. The maximum absolute atomic E-state index is 7.90. The molecule has 0 bridgehead atoms. The van der Waals surface area contributed by atoms with Crippen LogP contribution < -0.4 is 5.32 Å². The lowest BCUT2D eigenvalue weighted by Gasteiger charge is -2.13. The van der Waals surface area contributed by atoms with Crippen LogP contribution in [-0.2, 0) is 13.0 Å². The molecule has 0 fully saturated rings. The number of amidine groups is 1. The molecular formula is C13H18N2. The Kier molecular flexibility index (Phi) is 2.51. The maximum Gasteiger partial charge on any atom is 0.126 e. The summed E-state index contributed by atoms with van der Waals surface area (Å²) in [6.45, 7) is 7.40. The minimum Gasteiger partial charge on any atom is -0.366 e. The Labute approximate surface area is 91.2 Å². The van der Waals surface area contributed by atoms with E-state index in [9.17, 15) is 0 Å². The fourth-order valence-corrected chi connectivity index (χ4v) is 2.32. The van der Waals surface area contributed by atoms with E-state index in [1.807, 2.05) is 0 Å². The molecule has 2 rings (SSSR count). The van der Waals surface area contributed by atoms with Gasteiger partial charge >= 0.3 is 0 Å². The fourth-order valence-electron chi connectivity index (χ4n) is 2.32. The van der Waals surface area contributed by atoms with Crippen molar-refractivity contribution in [2.24, 2.45) is 0 Å². The SMILES string of the molecule is CCc1ccc(C(C)C)c2c1C(=N)NC2. The van der Waals surface area contributed by atoms with Crippen molar-refractivity contribution in [1.29, 1.82) is 5.41 Å². The normalized spacial score (nSPS) is 14.3. The molecule has 1 aromatic carbocycles. The predicted molar refractivity (Wildman–Crippen MR) is 63.6 cm³/mol. The van der Waals surface area contributed by atoms with E-state index in [-0.39, 0.29) is 0 Å². The summed E-state index contributed by atoms with van der Waals surface area (Å²) in [4.78, 5) is 0. The molecule has 1 aliphatic rings. The smallest absolute Gasteiger partial charge is 0.126 e. The van der Waals surface area contributed by atoms with Gasteiger partial charge in [0.2, 0.25) is 0 Å². The summed E-state index contributed by atoms with van der Waals surface area (Å²) in [5.74, 6) is 1.14. The fraction of sp³-hybridized carbons (Fsp3) is 0.462. The first-order chi connectivity index (χ1) is 7.15. The van der Waals surface area contributed by atoms with Crippen molar-refractivity contribution in [3.63, 3.8) is 0 Å². The van der Waals surface area contributed by atoms with Gasteiger partial charge in [0.1, 0.15) is 5.84 Å². The lowest BCUT2D eigenvalue weighted by atomic mass is 9.91. The van der Waals surface area contributed by atoms with Gasteiger partial charge in [-0.05, 0) is 29.0 Å². The Morgan fingerprint density at radius 2 is 2.13 bits per heavy atom. The highest BCUT2D eigenvalue weighted by Gasteiger charge is 2.22. The summed E-state index contributed by atoms with van der Waals surface area (Å²) in [5.41, 5.74) is 5.18. The molecule has 2 nitrogen and oxygen atoms in total. The Morgan fingerprint density at radius 3 is 2.73 bits per heavy atom. The second kappa shape index (κ2) is 3.69. The van der Waals surface area contributed by atoms with E-state index in [1.165, 1.54) is 16.7 Å². The second-order valence-corrected chi connectivity index (χ2v) is 4.40. The van der Waals surface area contributed by atoms with E-state index in [4.69, 9.17) is 5.41 Å². The molecule has 1 aromatic rings. The number of fused-ring (bicyclic) bond motifs is 1. The third-order valence-electron chi connectivity index (χ3n) is 3.13. The van der Waals surface area contributed by atoms with Crippen LogP contribution in [0.25, 0.3) is 0 Å². The summed E-state index contributed by atoms with van der Waals surface area (Å²) in [6.07, 6.45) is 1.00. The van der Waals surface area contributed by atoms with E-state index < -0.39 is 0 Å². The highest BCUT2D eigenvalue weighted by Crippen LogP contribution is 2.28. The molecule has 2 N–H and O–H groups in total. The summed E-state index contributed by atoms with van der Waals surface area (Å²) in [5, 5.41) is 11.0. The third-order valence-corrected chi connectivity index (χ3v) is 3.13. The Balaban J connectivity index is 2.62. The van der Waals surface area contributed by atoms with Gasteiger partial charge in [-0.3, -0.25) is 5.41 Å². The van der Waals surface area contributed by atoms with E-state index in [0.717, 1.165) is 18.5 Å². The molecule has 15 heavy (non-hydrogen) atoms. The van der Waals surface area contributed by atoms with E-state index in [0.29, 0.717) is 11.8 Å². The third kappa shape index (κ3) is 1.54. The summed E-state index contributed by atoms with van der Waals surface area (Å²) < 4.78 is 0. The minimum atomic E-state index is 0.539. The van der Waals surface area contributed by atoms with Gasteiger partial charge in [-0.1, -0.05) is 32.9 Å². The maximum atomic E-state index is 7.90. The first kappa shape index (κ1) is 10.2. The number of benzene rings is 1. The zero-order valence-electron chi connectivity index (χ0n) is 9.65. The van der Waals surface area contributed by atoms with Gasteiger partial charge in [0.05, 0.1) is 0 Å². The summed E-state index contributed by atoms with van der Waals surface area (Å²) in [7, 11) is 0. The van der Waals surface area contributed by atoms with Crippen LogP contribution in [0.3, 0.4) is 0 Å². The molecule has 0 spiro atoms. The van der Waals surface area contributed by atoms with Crippen molar-refractivity contribution < 1.29 is 0 Å². The van der Waals surface area contributed by atoms with Crippen molar-refractivity contribution in [2.75, 3.05) is 0 Å². The monoisotopic (exact) mass is 202 g/mol. The van der Waals surface area contributed by atoms with Crippen molar-refractivity contribution in [1.82, 2.24) is 5.32 Å². The van der Waals surface area contributed by atoms with Gasteiger partial charge in [0, 0.05) is 12.1 Å². The van der Waals surface area contributed by atoms with Crippen LogP contribution in [0.4, 0.5) is 0 Å². The molecule has 80 valence electrons. The first-order valence-electron chi connectivity index (χ1n) is 5.62. The molecule has 0 saturated heterocycles. The zero-order chi connectivity index (χ0) is 11.0. The van der Waals surface area contributed by atoms with Crippen molar-refractivity contribution in [2.45, 2.75) is 39.7 Å². The van der Waals surface area contributed by atoms with Gasteiger partial charge in [-0.2, -0.15) is 0 Å². The second-order valence-electron chi connectivity index (χ2n) is 4.40. The molecule has 0 saturated carbocycles. The molecule has 1 aliphatic heterocycles. The van der Waals surface area contributed by atoms with Crippen LogP contribution in [0, 0.1) is 5.41 Å². The van der Waals surface area contributed by atoms with Gasteiger partial charge in [0.15, 0.2) is 0 Å². The van der Waals surface area contributed by atoms with Crippen molar-refractivity contribution in [3.8, 4) is 0 Å². The van der Waals surface area contributed by atoms with Crippen LogP contribution >= 0.6 is 0 Å². The van der Waals surface area contributed by atoms with Crippen LogP contribution in [-0.4, -0.2) is 5.84 Å². The van der Waals surface area contributed by atoms with Gasteiger partial charge in [-0.25, -0.2) is 0 Å². The summed E-state index contributed by atoms with van der Waals surface area (Å²) >= 11 is 0. The van der Waals surface area contributed by atoms with Gasteiger partial charge in [0.25, 0.3) is 0 Å². The number of hydrogen-bond donors (Lipinski definition) is 2. The molecule has 0 aliphatic carbocycles. The highest BCUT2D eigenvalue weighted by molar-refractivity contribution is 6.02. The zero-order valence-corrected chi connectivity index (χ0v) is 9.65. The molecule has 0 atom stereocenters. The largest absolute Gasteiger partial charge is 0.366 e. The molecular weight excluding hydrogens is 184 g/mol. The number of nitrogens with one attached hydrogen (secondary N) is 2. The molecule has 0 radical (unpaired) electrons. The average molecular weight is 202 g/mol. The van der Waals surface area contributed by atoms with Crippen LogP contribution in [0.2, 0.25) is 0 Å². The van der Waals surface area contributed by atoms with Crippen molar-refractivity contribution in [3.05, 3.63) is 34.4 Å². The number of hydrogen-bond acceptors (Lipinski definition) is 1. The number of rotatable bonds is 2. The Hall–Kier alpha value is -1.31. The van der Waals surface area contributed by atoms with Crippen LogP contribution in [0.15, 0.2) is 12.1 Å². The van der Waals surface area contributed by atoms with Crippen molar-refractivity contribution >= 4 is 5.84 Å². The minimum absolute atomic E-state index is 0.539. The average Bonchev–Trinajstić information content (AvgIpc) is 2.60. The molecule has 0 amide bonds. The Morgan fingerprint density at radius 1 is 1.40 bits per heavy atom. The van der Waals surface area contributed by atoms with Crippen LogP contribution in [0.1, 0.15) is 48.9 Å². The lowest BCUT2D eigenvalue weighted by molar-refractivity contribution is 0.830. The van der Waals surface area contributed by atoms with Crippen LogP contribution in [0.5, 0.6) is 0 Å². The van der Waals surface area contributed by atoms with E-state index in [1.54, 1.807) is 0 Å². The Bertz CT molecular complexity index is 405. The van der Waals surface area contributed by atoms with Gasteiger partial charge < -0.3 is 5.32 Å². The quantitative estimate of drug-likeness (QED) is 0.760. The van der Waals surface area contributed by atoms with E-state index in [2.05, 4.69) is 38.2 Å². The summed E-state index contributed by atoms with van der Waals surface area (Å²) in [6, 6.07) is 4.40.